The van der Waals surface area contributed by atoms with Crippen LogP contribution in [0.2, 0.25) is 0 Å². The van der Waals surface area contributed by atoms with Gasteiger partial charge in [0.2, 0.25) is 17.7 Å². The number of imide groups is 1. The van der Waals surface area contributed by atoms with Crippen LogP contribution in [0.5, 0.6) is 5.75 Å². The minimum atomic E-state index is -1.38. The van der Waals surface area contributed by atoms with Gasteiger partial charge < -0.3 is 15.2 Å². The van der Waals surface area contributed by atoms with Gasteiger partial charge in [-0.2, -0.15) is 0 Å². The van der Waals surface area contributed by atoms with Gasteiger partial charge in [-0.1, -0.05) is 30.3 Å². The standard InChI is InChI=1S/C23H23N3O5/c1-12(27)19-17-18(23(25-19)15-5-3-4-6-16(15)24-22(23)30)21(29)26(20(17)28)11-13-7-9-14(31-2)10-8-13/h3-10,12,17-19,25,27H,11H2,1-2H3,(H,24,30). The van der Waals surface area contributed by atoms with Gasteiger partial charge in [0.15, 0.2) is 0 Å². The summed E-state index contributed by atoms with van der Waals surface area (Å²) in [6.45, 7) is 1.66. The van der Waals surface area contributed by atoms with E-state index in [0.717, 1.165) is 5.56 Å². The van der Waals surface area contributed by atoms with Crippen LogP contribution in [0.1, 0.15) is 18.1 Å². The van der Waals surface area contributed by atoms with Crippen LogP contribution in [-0.4, -0.2) is 47.0 Å². The van der Waals surface area contributed by atoms with E-state index < -0.39 is 35.4 Å². The molecule has 160 valence electrons. The number of hydrogen-bond donors (Lipinski definition) is 3. The third kappa shape index (κ3) is 2.65. The van der Waals surface area contributed by atoms with E-state index in [4.69, 9.17) is 4.74 Å². The maximum Gasteiger partial charge on any atom is 0.250 e. The van der Waals surface area contributed by atoms with Crippen LogP contribution >= 0.6 is 0 Å². The second-order valence-corrected chi connectivity index (χ2v) is 8.33. The van der Waals surface area contributed by atoms with E-state index in [1.165, 1.54) is 4.90 Å². The average molecular weight is 421 g/mol. The Bertz CT molecular complexity index is 1080. The highest BCUT2D eigenvalue weighted by Gasteiger charge is 2.70. The quantitative estimate of drug-likeness (QED) is 0.636. The number of nitrogens with one attached hydrogen (secondary N) is 2. The number of ether oxygens (including phenoxy) is 1. The smallest absolute Gasteiger partial charge is 0.250 e. The van der Waals surface area contributed by atoms with Crippen LogP contribution in [0.4, 0.5) is 5.69 Å². The zero-order valence-corrected chi connectivity index (χ0v) is 17.2. The van der Waals surface area contributed by atoms with Crippen LogP contribution < -0.4 is 15.4 Å². The molecule has 3 heterocycles. The van der Waals surface area contributed by atoms with Crippen molar-refractivity contribution in [3.05, 3.63) is 59.7 Å². The molecule has 8 heteroatoms. The number of carbonyl (C=O) groups is 3. The number of hydrogen-bond acceptors (Lipinski definition) is 6. The molecule has 0 radical (unpaired) electrons. The van der Waals surface area contributed by atoms with Crippen molar-refractivity contribution in [1.82, 2.24) is 10.2 Å². The minimum Gasteiger partial charge on any atom is -0.497 e. The molecule has 0 aliphatic carbocycles. The Balaban J connectivity index is 1.56. The van der Waals surface area contributed by atoms with Crippen molar-refractivity contribution >= 4 is 23.4 Å². The first kappa shape index (κ1) is 19.7. The summed E-state index contributed by atoms with van der Waals surface area (Å²) < 4.78 is 5.16. The molecule has 2 fully saturated rings. The highest BCUT2D eigenvalue weighted by atomic mass is 16.5. The summed E-state index contributed by atoms with van der Waals surface area (Å²) in [6, 6.07) is 13.6. The number of rotatable bonds is 4. The molecular weight excluding hydrogens is 398 g/mol. The largest absolute Gasteiger partial charge is 0.497 e. The van der Waals surface area contributed by atoms with Crippen LogP contribution in [0.25, 0.3) is 0 Å². The number of aliphatic hydroxyl groups excluding tert-OH is 1. The molecule has 0 bridgehead atoms. The molecule has 3 amide bonds. The lowest BCUT2D eigenvalue weighted by Crippen LogP contribution is -2.54. The number of carbonyl (C=O) groups excluding carboxylic acids is 3. The SMILES string of the molecule is COc1ccc(CN2C(=O)C3C(C(C)O)NC4(C(=O)Nc5ccccc54)C3C2=O)cc1. The molecule has 5 rings (SSSR count). The Morgan fingerprint density at radius 2 is 1.81 bits per heavy atom. The molecule has 31 heavy (non-hydrogen) atoms. The molecule has 2 aromatic rings. The summed E-state index contributed by atoms with van der Waals surface area (Å²) in [6.07, 6.45) is -0.926. The van der Waals surface area contributed by atoms with E-state index in [-0.39, 0.29) is 18.4 Å². The topological polar surface area (TPSA) is 108 Å². The summed E-state index contributed by atoms with van der Waals surface area (Å²) >= 11 is 0. The van der Waals surface area contributed by atoms with Crippen molar-refractivity contribution in [2.75, 3.05) is 12.4 Å². The predicted molar refractivity (Wildman–Crippen MR) is 111 cm³/mol. The molecule has 8 nitrogen and oxygen atoms in total. The second-order valence-electron chi connectivity index (χ2n) is 8.33. The number of amides is 3. The van der Waals surface area contributed by atoms with Gasteiger partial charge in [0.1, 0.15) is 11.3 Å². The molecule has 0 saturated carbocycles. The molecule has 1 spiro atoms. The molecule has 2 aromatic carbocycles. The first-order chi connectivity index (χ1) is 14.9. The molecular formula is C23H23N3O5. The van der Waals surface area contributed by atoms with Crippen molar-refractivity contribution < 1.29 is 24.2 Å². The highest BCUT2D eigenvalue weighted by molar-refractivity contribution is 6.15. The predicted octanol–water partition coefficient (Wildman–Crippen LogP) is 0.997. The molecule has 5 unspecified atom stereocenters. The fourth-order valence-electron chi connectivity index (χ4n) is 5.23. The van der Waals surface area contributed by atoms with Gasteiger partial charge in [-0.05, 0) is 30.7 Å². The van der Waals surface area contributed by atoms with Crippen LogP contribution in [0.3, 0.4) is 0 Å². The van der Waals surface area contributed by atoms with Crippen molar-refractivity contribution in [3.8, 4) is 5.75 Å². The number of anilines is 1. The number of para-hydroxylation sites is 1. The Hall–Kier alpha value is -3.23. The number of benzene rings is 2. The van der Waals surface area contributed by atoms with Gasteiger partial charge in [-0.25, -0.2) is 0 Å². The van der Waals surface area contributed by atoms with Gasteiger partial charge in [0, 0.05) is 17.3 Å². The second kappa shape index (κ2) is 6.90. The molecule has 3 aliphatic heterocycles. The summed E-state index contributed by atoms with van der Waals surface area (Å²) in [5.74, 6) is -2.24. The fourth-order valence-corrected chi connectivity index (χ4v) is 5.23. The highest BCUT2D eigenvalue weighted by Crippen LogP contribution is 2.53. The molecule has 3 N–H and O–H groups in total. The Labute approximate surface area is 179 Å². The summed E-state index contributed by atoms with van der Waals surface area (Å²) in [5, 5.41) is 16.4. The van der Waals surface area contributed by atoms with Crippen molar-refractivity contribution in [2.24, 2.45) is 11.8 Å². The number of fused-ring (bicyclic) bond motifs is 4. The Kier molecular flexibility index (Phi) is 4.39. The molecule has 3 aliphatic rings. The monoisotopic (exact) mass is 421 g/mol. The van der Waals surface area contributed by atoms with Crippen molar-refractivity contribution in [3.63, 3.8) is 0 Å². The maximum atomic E-state index is 13.6. The maximum absolute atomic E-state index is 13.6. The fraction of sp³-hybridized carbons (Fsp3) is 0.348. The first-order valence-electron chi connectivity index (χ1n) is 10.2. The van der Waals surface area contributed by atoms with Crippen LogP contribution in [-0.2, 0) is 26.5 Å². The molecule has 2 saturated heterocycles. The van der Waals surface area contributed by atoms with Gasteiger partial charge in [-0.15, -0.1) is 0 Å². The number of aliphatic hydroxyl groups is 1. The normalized spacial score (nSPS) is 29.8. The summed E-state index contributed by atoms with van der Waals surface area (Å²) in [4.78, 5) is 41.4. The Morgan fingerprint density at radius 1 is 1.10 bits per heavy atom. The Morgan fingerprint density at radius 3 is 2.48 bits per heavy atom. The molecule has 0 aromatic heterocycles. The lowest BCUT2D eigenvalue weighted by molar-refractivity contribution is -0.143. The summed E-state index contributed by atoms with van der Waals surface area (Å²) in [5.41, 5.74) is 0.628. The van der Waals surface area contributed by atoms with Crippen molar-refractivity contribution in [1.29, 1.82) is 0 Å². The van der Waals surface area contributed by atoms with Crippen LogP contribution in [0, 0.1) is 11.8 Å². The van der Waals surface area contributed by atoms with Gasteiger partial charge in [0.05, 0.1) is 31.6 Å². The number of likely N-dealkylation sites (tertiary alicyclic amines) is 1. The van der Waals surface area contributed by atoms with Gasteiger partial charge in [0.25, 0.3) is 0 Å². The summed E-state index contributed by atoms with van der Waals surface area (Å²) in [7, 11) is 1.57. The minimum absolute atomic E-state index is 0.0978. The lowest BCUT2D eigenvalue weighted by Gasteiger charge is -2.30. The van der Waals surface area contributed by atoms with Gasteiger partial charge in [-0.3, -0.25) is 24.6 Å². The first-order valence-corrected chi connectivity index (χ1v) is 10.2. The third-order valence-electron chi connectivity index (χ3n) is 6.67. The van der Waals surface area contributed by atoms with E-state index in [2.05, 4.69) is 10.6 Å². The molecule has 5 atom stereocenters. The van der Waals surface area contributed by atoms with Gasteiger partial charge >= 0.3 is 0 Å². The zero-order valence-electron chi connectivity index (χ0n) is 17.2. The average Bonchev–Trinajstić information content (AvgIpc) is 3.35. The van der Waals surface area contributed by atoms with E-state index in [1.807, 2.05) is 0 Å². The number of nitrogens with zero attached hydrogens (tertiary/aromatic N) is 1. The zero-order chi connectivity index (χ0) is 21.9. The van der Waals surface area contributed by atoms with E-state index >= 15 is 0 Å². The van der Waals surface area contributed by atoms with E-state index in [1.54, 1.807) is 62.6 Å². The lowest BCUT2D eigenvalue weighted by atomic mass is 9.76. The van der Waals surface area contributed by atoms with Crippen LogP contribution in [0.15, 0.2) is 48.5 Å². The number of methoxy groups -OCH3 is 1. The van der Waals surface area contributed by atoms with E-state index in [9.17, 15) is 19.5 Å². The van der Waals surface area contributed by atoms with E-state index in [0.29, 0.717) is 17.0 Å². The van der Waals surface area contributed by atoms with Crippen molar-refractivity contribution in [2.45, 2.75) is 31.2 Å². The third-order valence-corrected chi connectivity index (χ3v) is 6.67.